The number of aromatic nitrogens is 2. The zero-order valence-corrected chi connectivity index (χ0v) is 28.4. The molecule has 5 aromatic rings. The molecule has 8 unspecified atom stereocenters. The average Bonchev–Trinajstić information content (AvgIpc) is 3.19. The average molecular weight is 665 g/mol. The lowest BCUT2D eigenvalue weighted by Crippen LogP contribution is -2.57. The van der Waals surface area contributed by atoms with E-state index in [-0.39, 0.29) is 24.2 Å². The predicted molar refractivity (Wildman–Crippen MR) is 201 cm³/mol. The van der Waals surface area contributed by atoms with Crippen molar-refractivity contribution in [3.8, 4) is 0 Å². The molecule has 10 atom stereocenters. The Morgan fingerprint density at radius 1 is 0.660 bits per heavy atom. The van der Waals surface area contributed by atoms with Crippen molar-refractivity contribution in [2.24, 2.45) is 23.7 Å². The van der Waals surface area contributed by atoms with Gasteiger partial charge in [0.15, 0.2) is 0 Å². The Morgan fingerprint density at radius 3 is 1.50 bits per heavy atom. The molecule has 0 radical (unpaired) electrons. The van der Waals surface area contributed by atoms with E-state index in [1.807, 2.05) is 48.8 Å². The maximum absolute atomic E-state index is 13.7. The molecule has 6 aliphatic rings. The van der Waals surface area contributed by atoms with Gasteiger partial charge in [-0.3, -0.25) is 29.4 Å². The summed E-state index contributed by atoms with van der Waals surface area (Å²) in [6, 6.07) is 20.5. The first-order valence-corrected chi connectivity index (χ1v) is 18.3. The first kappa shape index (κ1) is 31.3. The first-order valence-electron chi connectivity index (χ1n) is 18.3. The van der Waals surface area contributed by atoms with E-state index in [0.717, 1.165) is 84.8 Å². The number of piperidine rings is 6. The normalized spacial score (nSPS) is 29.9. The Balaban J connectivity index is 1.12. The maximum Gasteiger partial charge on any atom is 0.253 e. The summed E-state index contributed by atoms with van der Waals surface area (Å²) in [7, 11) is 0. The molecule has 2 aromatic heterocycles. The molecular weight excluding hydrogens is 621 g/mol. The van der Waals surface area contributed by atoms with Crippen molar-refractivity contribution in [1.82, 2.24) is 19.8 Å². The van der Waals surface area contributed by atoms with E-state index in [0.29, 0.717) is 35.0 Å². The largest absolute Gasteiger partial charge is 0.372 e. The maximum atomic E-state index is 13.7. The minimum absolute atomic E-state index is 0.156. The number of benzene rings is 2. The van der Waals surface area contributed by atoms with Crippen LogP contribution >= 0.6 is 0 Å². The molecule has 0 amide bonds. The third-order valence-electron chi connectivity index (χ3n) is 12.6. The van der Waals surface area contributed by atoms with E-state index in [4.69, 9.17) is 0 Å². The summed E-state index contributed by atoms with van der Waals surface area (Å²) in [5.41, 5.74) is 3.93. The van der Waals surface area contributed by atoms with E-state index in [9.17, 15) is 9.59 Å². The second kappa shape index (κ2) is 12.6. The van der Waals surface area contributed by atoms with E-state index in [2.05, 4.69) is 80.0 Å². The smallest absolute Gasteiger partial charge is 0.253 e. The van der Waals surface area contributed by atoms with Gasteiger partial charge in [0.2, 0.25) is 0 Å². The molecular formula is C42H44N6O2. The monoisotopic (exact) mass is 664 g/mol. The van der Waals surface area contributed by atoms with Crippen LogP contribution in [-0.2, 0) is 0 Å². The topological polar surface area (TPSA) is 90.5 Å². The number of para-hydroxylation sites is 2. The van der Waals surface area contributed by atoms with Crippen LogP contribution in [0.4, 0.5) is 11.4 Å². The SMILES string of the molecule is C=CC1CN2CCC1C[C@H]2C(Nc1c(NC(c2ccnc3ccccc23)[C@@H]2CC3CCN2CC3C=C)c(=O)c1=O)c1ccnc2ccccc12. The number of hydrogen-bond donors (Lipinski definition) is 2. The van der Waals surface area contributed by atoms with Gasteiger partial charge in [-0.2, -0.15) is 0 Å². The molecule has 6 fully saturated rings. The van der Waals surface area contributed by atoms with Crippen LogP contribution in [0, 0.1) is 23.7 Å². The quantitative estimate of drug-likeness (QED) is 0.130. The highest BCUT2D eigenvalue weighted by Crippen LogP contribution is 2.46. The van der Waals surface area contributed by atoms with Crippen molar-refractivity contribution in [1.29, 1.82) is 0 Å². The van der Waals surface area contributed by atoms with Gasteiger partial charge < -0.3 is 10.6 Å². The zero-order chi connectivity index (χ0) is 33.9. The van der Waals surface area contributed by atoms with E-state index >= 15 is 0 Å². The van der Waals surface area contributed by atoms with E-state index in [1.54, 1.807) is 0 Å². The van der Waals surface area contributed by atoms with Crippen LogP contribution in [0.15, 0.2) is 108 Å². The molecule has 4 bridgehead atoms. The summed E-state index contributed by atoms with van der Waals surface area (Å²) < 4.78 is 0. The molecule has 254 valence electrons. The lowest BCUT2D eigenvalue weighted by Gasteiger charge is -2.52. The van der Waals surface area contributed by atoms with Gasteiger partial charge in [0.25, 0.3) is 10.9 Å². The zero-order valence-electron chi connectivity index (χ0n) is 28.4. The molecule has 8 heterocycles. The lowest BCUT2D eigenvalue weighted by atomic mass is 9.72. The fourth-order valence-corrected chi connectivity index (χ4v) is 9.97. The van der Waals surface area contributed by atoms with Gasteiger partial charge in [-0.25, -0.2) is 0 Å². The van der Waals surface area contributed by atoms with Gasteiger partial charge in [0.1, 0.15) is 11.4 Å². The van der Waals surface area contributed by atoms with Crippen LogP contribution < -0.4 is 21.5 Å². The Kier molecular flexibility index (Phi) is 7.89. The number of pyridine rings is 2. The van der Waals surface area contributed by atoms with Crippen LogP contribution in [-0.4, -0.2) is 58.0 Å². The van der Waals surface area contributed by atoms with Crippen LogP contribution in [0.5, 0.6) is 0 Å². The van der Waals surface area contributed by atoms with Gasteiger partial charge in [-0.15, -0.1) is 13.2 Å². The highest BCUT2D eigenvalue weighted by atomic mass is 16.2. The number of fused-ring (bicyclic) bond motifs is 8. The molecule has 0 aliphatic carbocycles. The molecule has 0 saturated carbocycles. The summed E-state index contributed by atoms with van der Waals surface area (Å²) in [6.07, 6.45) is 12.3. The molecule has 3 aromatic carbocycles. The third kappa shape index (κ3) is 5.11. The van der Waals surface area contributed by atoms with Crippen molar-refractivity contribution in [3.05, 3.63) is 130 Å². The fourth-order valence-electron chi connectivity index (χ4n) is 9.97. The van der Waals surface area contributed by atoms with Crippen LogP contribution in [0.1, 0.15) is 48.9 Å². The summed E-state index contributed by atoms with van der Waals surface area (Å²) in [4.78, 5) is 41.8. The Labute approximate surface area is 292 Å². The van der Waals surface area contributed by atoms with Crippen LogP contribution in [0.25, 0.3) is 21.8 Å². The van der Waals surface area contributed by atoms with E-state index in [1.165, 1.54) is 0 Å². The predicted octanol–water partition coefficient (Wildman–Crippen LogP) is 6.48. The summed E-state index contributed by atoms with van der Waals surface area (Å²) in [5, 5.41) is 9.60. The second-order valence-electron chi connectivity index (χ2n) is 15.0. The van der Waals surface area contributed by atoms with Gasteiger partial charge in [-0.1, -0.05) is 48.6 Å². The van der Waals surface area contributed by atoms with E-state index < -0.39 is 10.9 Å². The summed E-state index contributed by atoms with van der Waals surface area (Å²) in [6.45, 7) is 12.2. The van der Waals surface area contributed by atoms with Crippen molar-refractivity contribution in [3.63, 3.8) is 0 Å². The van der Waals surface area contributed by atoms with Crippen LogP contribution in [0.2, 0.25) is 0 Å². The molecule has 0 spiro atoms. The first-order chi connectivity index (χ1) is 24.5. The number of rotatable bonds is 10. The molecule has 2 N–H and O–H groups in total. The molecule has 50 heavy (non-hydrogen) atoms. The molecule has 11 rings (SSSR count). The van der Waals surface area contributed by atoms with Gasteiger partial charge >= 0.3 is 0 Å². The third-order valence-corrected chi connectivity index (χ3v) is 12.6. The van der Waals surface area contributed by atoms with Gasteiger partial charge in [0, 0.05) is 48.3 Å². The summed E-state index contributed by atoms with van der Waals surface area (Å²) >= 11 is 0. The molecule has 8 heteroatoms. The number of nitrogens with zero attached hydrogens (tertiary/aromatic N) is 4. The Bertz CT molecular complexity index is 2010. The number of nitrogens with one attached hydrogen (secondary N) is 2. The number of hydrogen-bond acceptors (Lipinski definition) is 8. The standard InChI is InChI=1S/C42H44N6O2/c1-3-25-23-47-19-15-27(25)21-35(47)37(31-13-17-43-33-11-7-5-9-29(31)33)45-39-40(42(50)41(39)49)46-38(32-14-18-44-34-12-8-6-10-30(32)34)36-22-28-16-20-48(36)24-26(28)4-2/h3-14,17-18,25-28,35-38,45-46H,1-2,15-16,19-24H2/t25?,26?,27?,28?,35-,36-,37?,38?/m0/s1. The second-order valence-corrected chi connectivity index (χ2v) is 15.0. The fraction of sp³-hybridized carbons (Fsp3) is 0.381. The summed E-state index contributed by atoms with van der Waals surface area (Å²) in [5.74, 6) is 2.03. The van der Waals surface area contributed by atoms with Crippen molar-refractivity contribution < 1.29 is 0 Å². The van der Waals surface area contributed by atoms with Crippen LogP contribution in [0.3, 0.4) is 0 Å². The minimum atomic E-state index is -0.452. The molecule has 8 nitrogen and oxygen atoms in total. The highest BCUT2D eigenvalue weighted by Gasteiger charge is 2.46. The Hall–Kier alpha value is -4.66. The Morgan fingerprint density at radius 2 is 1.10 bits per heavy atom. The highest BCUT2D eigenvalue weighted by molar-refractivity contribution is 5.85. The van der Waals surface area contributed by atoms with Crippen molar-refractivity contribution in [2.45, 2.75) is 49.9 Å². The number of anilines is 2. The van der Waals surface area contributed by atoms with Crippen molar-refractivity contribution in [2.75, 3.05) is 36.8 Å². The lowest BCUT2D eigenvalue weighted by molar-refractivity contribution is 0.0102. The molecule has 6 saturated heterocycles. The van der Waals surface area contributed by atoms with Crippen molar-refractivity contribution >= 4 is 33.2 Å². The minimum Gasteiger partial charge on any atom is -0.372 e. The van der Waals surface area contributed by atoms with Gasteiger partial charge in [-0.05, 0) is 97.8 Å². The van der Waals surface area contributed by atoms with Gasteiger partial charge in [0.05, 0.1) is 23.1 Å². The molecule has 6 aliphatic heterocycles.